The Morgan fingerprint density at radius 3 is 2.30 bits per heavy atom. The van der Waals surface area contributed by atoms with Crippen LogP contribution in [0, 0.1) is 5.82 Å². The molecule has 0 aliphatic rings. The molecule has 1 N–H and O–H groups in total. The molecule has 1 amide bonds. The van der Waals surface area contributed by atoms with Crippen LogP contribution in [0.2, 0.25) is 0 Å². The SMILES string of the molecule is COc1ccc(CCCCC(=O)NCc2ccc(F)cc2)cc1. The van der Waals surface area contributed by atoms with Crippen molar-refractivity contribution < 1.29 is 13.9 Å². The maximum Gasteiger partial charge on any atom is 0.220 e. The van der Waals surface area contributed by atoms with Crippen molar-refractivity contribution in [3.05, 3.63) is 65.5 Å². The highest BCUT2D eigenvalue weighted by Crippen LogP contribution is 2.13. The van der Waals surface area contributed by atoms with Crippen molar-refractivity contribution in [3.8, 4) is 5.75 Å². The minimum absolute atomic E-state index is 0.0315. The predicted octanol–water partition coefficient (Wildman–Crippen LogP) is 3.86. The molecule has 0 atom stereocenters. The van der Waals surface area contributed by atoms with Gasteiger partial charge in [0.05, 0.1) is 7.11 Å². The van der Waals surface area contributed by atoms with Crippen LogP contribution in [0.5, 0.6) is 5.75 Å². The lowest BCUT2D eigenvalue weighted by atomic mass is 10.1. The number of aryl methyl sites for hydroxylation is 1. The summed E-state index contributed by atoms with van der Waals surface area (Å²) in [6, 6.07) is 14.2. The molecule has 0 bridgehead atoms. The molecule has 3 nitrogen and oxygen atoms in total. The summed E-state index contributed by atoms with van der Waals surface area (Å²) in [5.41, 5.74) is 2.15. The maximum atomic E-state index is 12.8. The molecule has 0 aliphatic heterocycles. The smallest absolute Gasteiger partial charge is 0.220 e. The number of unbranched alkanes of at least 4 members (excludes halogenated alkanes) is 1. The monoisotopic (exact) mass is 315 g/mol. The molecule has 0 spiro atoms. The summed E-state index contributed by atoms with van der Waals surface area (Å²) in [4.78, 5) is 11.8. The Morgan fingerprint density at radius 2 is 1.65 bits per heavy atom. The van der Waals surface area contributed by atoms with Crippen molar-refractivity contribution in [2.75, 3.05) is 7.11 Å². The normalized spacial score (nSPS) is 10.3. The van der Waals surface area contributed by atoms with Gasteiger partial charge >= 0.3 is 0 Å². The van der Waals surface area contributed by atoms with E-state index >= 15 is 0 Å². The van der Waals surface area contributed by atoms with Gasteiger partial charge in [0.1, 0.15) is 11.6 Å². The third-order valence-electron chi connectivity index (χ3n) is 3.68. The number of halogens is 1. The van der Waals surface area contributed by atoms with E-state index in [0.29, 0.717) is 13.0 Å². The van der Waals surface area contributed by atoms with Crippen molar-refractivity contribution >= 4 is 5.91 Å². The number of carbonyl (C=O) groups is 1. The average Bonchev–Trinajstić information content (AvgIpc) is 2.59. The van der Waals surface area contributed by atoms with Gasteiger partial charge in [-0.3, -0.25) is 4.79 Å². The van der Waals surface area contributed by atoms with Gasteiger partial charge in [0.25, 0.3) is 0 Å². The van der Waals surface area contributed by atoms with E-state index in [2.05, 4.69) is 5.32 Å². The summed E-state index contributed by atoms with van der Waals surface area (Å²) < 4.78 is 17.9. The van der Waals surface area contributed by atoms with Crippen LogP contribution < -0.4 is 10.1 Å². The number of methoxy groups -OCH3 is 1. The van der Waals surface area contributed by atoms with Crippen LogP contribution in [0.4, 0.5) is 4.39 Å². The average molecular weight is 315 g/mol. The van der Waals surface area contributed by atoms with Crippen molar-refractivity contribution in [1.82, 2.24) is 5.32 Å². The number of hydrogen-bond donors (Lipinski definition) is 1. The Hall–Kier alpha value is -2.36. The van der Waals surface area contributed by atoms with Gasteiger partial charge in [-0.05, 0) is 54.7 Å². The van der Waals surface area contributed by atoms with Gasteiger partial charge in [-0.25, -0.2) is 4.39 Å². The second-order valence-electron chi connectivity index (χ2n) is 5.46. The summed E-state index contributed by atoms with van der Waals surface area (Å²) >= 11 is 0. The van der Waals surface area contributed by atoms with E-state index in [0.717, 1.165) is 30.6 Å². The largest absolute Gasteiger partial charge is 0.497 e. The summed E-state index contributed by atoms with van der Waals surface area (Å²) in [5.74, 6) is 0.622. The van der Waals surface area contributed by atoms with Crippen LogP contribution in [0.15, 0.2) is 48.5 Å². The molecule has 2 rings (SSSR count). The van der Waals surface area contributed by atoms with Crippen LogP contribution in [-0.4, -0.2) is 13.0 Å². The first-order chi connectivity index (χ1) is 11.2. The van der Waals surface area contributed by atoms with Gasteiger partial charge in [0, 0.05) is 13.0 Å². The number of carbonyl (C=O) groups excluding carboxylic acids is 1. The van der Waals surface area contributed by atoms with E-state index in [4.69, 9.17) is 4.74 Å². The molecule has 4 heteroatoms. The van der Waals surface area contributed by atoms with Gasteiger partial charge in [0.2, 0.25) is 5.91 Å². The molecule has 0 saturated carbocycles. The van der Waals surface area contributed by atoms with Crippen LogP contribution >= 0.6 is 0 Å². The molecule has 2 aromatic carbocycles. The summed E-state index contributed by atoms with van der Waals surface area (Å²) in [6.07, 6.45) is 3.28. The number of amides is 1. The van der Waals surface area contributed by atoms with Crippen LogP contribution in [-0.2, 0) is 17.8 Å². The fourth-order valence-corrected chi connectivity index (χ4v) is 2.30. The lowest BCUT2D eigenvalue weighted by molar-refractivity contribution is -0.121. The molecule has 0 radical (unpaired) electrons. The van der Waals surface area contributed by atoms with Crippen molar-refractivity contribution in [2.24, 2.45) is 0 Å². The van der Waals surface area contributed by atoms with Gasteiger partial charge in [-0.1, -0.05) is 24.3 Å². The first-order valence-corrected chi connectivity index (χ1v) is 7.81. The fourth-order valence-electron chi connectivity index (χ4n) is 2.30. The molecule has 0 unspecified atom stereocenters. The summed E-state index contributed by atoms with van der Waals surface area (Å²) in [7, 11) is 1.65. The van der Waals surface area contributed by atoms with E-state index in [-0.39, 0.29) is 11.7 Å². The zero-order chi connectivity index (χ0) is 16.5. The van der Waals surface area contributed by atoms with E-state index in [1.165, 1.54) is 17.7 Å². The van der Waals surface area contributed by atoms with Crippen LogP contribution in [0.3, 0.4) is 0 Å². The summed E-state index contributed by atoms with van der Waals surface area (Å²) in [5, 5.41) is 2.85. The van der Waals surface area contributed by atoms with Crippen LogP contribution in [0.1, 0.15) is 30.4 Å². The van der Waals surface area contributed by atoms with Crippen molar-refractivity contribution in [3.63, 3.8) is 0 Å². The molecular formula is C19H22FNO2. The highest BCUT2D eigenvalue weighted by molar-refractivity contribution is 5.75. The number of benzene rings is 2. The zero-order valence-corrected chi connectivity index (χ0v) is 13.3. The van der Waals surface area contributed by atoms with E-state index in [1.54, 1.807) is 19.2 Å². The number of ether oxygens (including phenoxy) is 1. The highest BCUT2D eigenvalue weighted by atomic mass is 19.1. The number of rotatable bonds is 8. The minimum atomic E-state index is -0.265. The highest BCUT2D eigenvalue weighted by Gasteiger charge is 2.02. The second kappa shape index (κ2) is 8.93. The Bertz CT molecular complexity index is 608. The first-order valence-electron chi connectivity index (χ1n) is 7.81. The molecule has 0 saturated heterocycles. The first kappa shape index (κ1) is 17.0. The molecule has 0 aromatic heterocycles. The minimum Gasteiger partial charge on any atom is -0.497 e. The Labute approximate surface area is 136 Å². The molecule has 0 fully saturated rings. The van der Waals surface area contributed by atoms with Gasteiger partial charge < -0.3 is 10.1 Å². The van der Waals surface area contributed by atoms with Crippen molar-refractivity contribution in [1.29, 1.82) is 0 Å². The third-order valence-corrected chi connectivity index (χ3v) is 3.68. The molecular weight excluding hydrogens is 293 g/mol. The maximum absolute atomic E-state index is 12.8. The van der Waals surface area contributed by atoms with E-state index in [1.807, 2.05) is 24.3 Å². The quantitative estimate of drug-likeness (QED) is 0.751. The Balaban J connectivity index is 1.61. The molecule has 122 valence electrons. The number of hydrogen-bond acceptors (Lipinski definition) is 2. The Morgan fingerprint density at radius 1 is 1.00 bits per heavy atom. The third kappa shape index (κ3) is 6.10. The van der Waals surface area contributed by atoms with E-state index in [9.17, 15) is 9.18 Å². The van der Waals surface area contributed by atoms with Gasteiger partial charge in [0.15, 0.2) is 0 Å². The molecule has 2 aromatic rings. The lowest BCUT2D eigenvalue weighted by Crippen LogP contribution is -2.22. The second-order valence-corrected chi connectivity index (χ2v) is 5.46. The zero-order valence-electron chi connectivity index (χ0n) is 13.3. The van der Waals surface area contributed by atoms with Gasteiger partial charge in [-0.15, -0.1) is 0 Å². The topological polar surface area (TPSA) is 38.3 Å². The predicted molar refractivity (Wildman–Crippen MR) is 88.8 cm³/mol. The number of nitrogens with one attached hydrogen (secondary N) is 1. The molecule has 23 heavy (non-hydrogen) atoms. The summed E-state index contributed by atoms with van der Waals surface area (Å²) in [6.45, 7) is 0.442. The fraction of sp³-hybridized carbons (Fsp3) is 0.316. The molecule has 0 heterocycles. The van der Waals surface area contributed by atoms with E-state index < -0.39 is 0 Å². The molecule has 0 aliphatic carbocycles. The lowest BCUT2D eigenvalue weighted by Gasteiger charge is -2.06. The Kier molecular flexibility index (Phi) is 6.60. The van der Waals surface area contributed by atoms with Crippen LogP contribution in [0.25, 0.3) is 0 Å². The van der Waals surface area contributed by atoms with Gasteiger partial charge in [-0.2, -0.15) is 0 Å². The standard InChI is InChI=1S/C19H22FNO2/c1-23-18-12-8-15(9-13-18)4-2-3-5-19(22)21-14-16-6-10-17(20)11-7-16/h6-13H,2-5,14H2,1H3,(H,21,22). The van der Waals surface area contributed by atoms with Crippen molar-refractivity contribution in [2.45, 2.75) is 32.2 Å².